The van der Waals surface area contributed by atoms with Crippen molar-refractivity contribution in [3.63, 3.8) is 0 Å². The van der Waals surface area contributed by atoms with E-state index >= 15 is 0 Å². The Labute approximate surface area is 102 Å². The van der Waals surface area contributed by atoms with Crippen molar-refractivity contribution in [3.8, 4) is 0 Å². The predicted octanol–water partition coefficient (Wildman–Crippen LogP) is 2.83. The molecule has 88 valence electrons. The molecule has 0 aliphatic carbocycles. The lowest BCUT2D eigenvalue weighted by molar-refractivity contribution is 0.832. The molecule has 17 heavy (non-hydrogen) atoms. The lowest BCUT2D eigenvalue weighted by Crippen LogP contribution is -2.05. The summed E-state index contributed by atoms with van der Waals surface area (Å²) in [4.78, 5) is 8.69. The van der Waals surface area contributed by atoms with E-state index in [2.05, 4.69) is 21.4 Å². The van der Waals surface area contributed by atoms with Gasteiger partial charge >= 0.3 is 0 Å². The third kappa shape index (κ3) is 3.87. The number of nitrogens with one attached hydrogen (secondary N) is 1. The van der Waals surface area contributed by atoms with Crippen LogP contribution in [0.4, 0.5) is 5.82 Å². The molecule has 0 saturated heterocycles. The lowest BCUT2D eigenvalue weighted by Gasteiger charge is -2.05. The number of pyridine rings is 2. The number of hydrogen-bond donors (Lipinski definition) is 1. The molecule has 1 N–H and O–H groups in total. The van der Waals surface area contributed by atoms with Crippen LogP contribution in [0.15, 0.2) is 42.6 Å². The van der Waals surface area contributed by atoms with Gasteiger partial charge < -0.3 is 5.32 Å². The maximum absolute atomic E-state index is 4.39. The molecule has 2 heterocycles. The average Bonchev–Trinajstić information content (AvgIpc) is 2.36. The molecule has 2 rings (SSSR count). The highest BCUT2D eigenvalue weighted by molar-refractivity contribution is 5.34. The number of rotatable bonds is 5. The summed E-state index contributed by atoms with van der Waals surface area (Å²) < 4.78 is 0. The summed E-state index contributed by atoms with van der Waals surface area (Å²) in [7, 11) is 0. The zero-order valence-corrected chi connectivity index (χ0v) is 10.1. The van der Waals surface area contributed by atoms with Gasteiger partial charge in [-0.3, -0.25) is 4.98 Å². The molecule has 0 bridgehead atoms. The number of aryl methyl sites for hydroxylation is 2. The Morgan fingerprint density at radius 2 is 2.06 bits per heavy atom. The Bertz CT molecular complexity index is 454. The van der Waals surface area contributed by atoms with Crippen LogP contribution >= 0.6 is 0 Å². The van der Waals surface area contributed by atoms with Gasteiger partial charge in [-0.25, -0.2) is 4.98 Å². The summed E-state index contributed by atoms with van der Waals surface area (Å²) in [6.45, 7) is 2.92. The Balaban J connectivity index is 1.73. The second-order valence-electron chi connectivity index (χ2n) is 4.02. The van der Waals surface area contributed by atoms with E-state index in [0.29, 0.717) is 0 Å². The van der Waals surface area contributed by atoms with Crippen LogP contribution in [0.3, 0.4) is 0 Å². The standard InChI is InChI=1S/C14H17N3/c1-12-6-4-9-14(17-12)16-11-5-8-13-7-2-3-10-15-13/h2-4,6-7,9-10H,5,8,11H2,1H3,(H,16,17). The van der Waals surface area contributed by atoms with E-state index in [1.54, 1.807) is 0 Å². The second-order valence-corrected chi connectivity index (χ2v) is 4.02. The van der Waals surface area contributed by atoms with Crippen molar-refractivity contribution in [2.75, 3.05) is 11.9 Å². The summed E-state index contributed by atoms with van der Waals surface area (Å²) in [6, 6.07) is 12.0. The quantitative estimate of drug-likeness (QED) is 0.798. The van der Waals surface area contributed by atoms with Crippen LogP contribution in [0.25, 0.3) is 0 Å². The fourth-order valence-electron chi connectivity index (χ4n) is 1.67. The van der Waals surface area contributed by atoms with Gasteiger partial charge in [-0.2, -0.15) is 0 Å². The zero-order valence-electron chi connectivity index (χ0n) is 10.1. The van der Waals surface area contributed by atoms with Gasteiger partial charge in [-0.1, -0.05) is 12.1 Å². The van der Waals surface area contributed by atoms with Crippen LogP contribution in [0.2, 0.25) is 0 Å². The fourth-order valence-corrected chi connectivity index (χ4v) is 1.67. The van der Waals surface area contributed by atoms with Gasteiger partial charge in [0.25, 0.3) is 0 Å². The van der Waals surface area contributed by atoms with E-state index in [1.165, 1.54) is 0 Å². The first kappa shape index (κ1) is 11.6. The first-order chi connectivity index (χ1) is 8.34. The number of aromatic nitrogens is 2. The van der Waals surface area contributed by atoms with Crippen LogP contribution in [-0.2, 0) is 6.42 Å². The van der Waals surface area contributed by atoms with Crippen molar-refractivity contribution in [2.45, 2.75) is 19.8 Å². The van der Waals surface area contributed by atoms with Crippen LogP contribution in [0.5, 0.6) is 0 Å². The molecule has 0 unspecified atom stereocenters. The highest BCUT2D eigenvalue weighted by atomic mass is 15.0. The molecular formula is C14H17N3. The highest BCUT2D eigenvalue weighted by Crippen LogP contribution is 2.04. The predicted molar refractivity (Wildman–Crippen MR) is 70.0 cm³/mol. The first-order valence-electron chi connectivity index (χ1n) is 5.92. The third-order valence-electron chi connectivity index (χ3n) is 2.53. The molecule has 0 aromatic carbocycles. The molecular weight excluding hydrogens is 210 g/mol. The molecule has 0 amide bonds. The van der Waals surface area contributed by atoms with Crippen LogP contribution in [-0.4, -0.2) is 16.5 Å². The maximum atomic E-state index is 4.39. The first-order valence-corrected chi connectivity index (χ1v) is 5.92. The lowest BCUT2D eigenvalue weighted by atomic mass is 10.2. The average molecular weight is 227 g/mol. The van der Waals surface area contributed by atoms with E-state index in [9.17, 15) is 0 Å². The van der Waals surface area contributed by atoms with E-state index in [1.807, 2.05) is 43.5 Å². The minimum Gasteiger partial charge on any atom is -0.370 e. The fraction of sp³-hybridized carbons (Fsp3) is 0.286. The molecule has 2 aromatic heterocycles. The molecule has 0 radical (unpaired) electrons. The van der Waals surface area contributed by atoms with Crippen LogP contribution in [0, 0.1) is 6.92 Å². The van der Waals surface area contributed by atoms with E-state index in [-0.39, 0.29) is 0 Å². The van der Waals surface area contributed by atoms with Crippen molar-refractivity contribution in [1.29, 1.82) is 0 Å². The normalized spacial score (nSPS) is 10.2. The van der Waals surface area contributed by atoms with E-state index in [0.717, 1.165) is 36.6 Å². The summed E-state index contributed by atoms with van der Waals surface area (Å²) >= 11 is 0. The van der Waals surface area contributed by atoms with Gasteiger partial charge in [0.15, 0.2) is 0 Å². The van der Waals surface area contributed by atoms with Gasteiger partial charge in [0, 0.05) is 24.1 Å². The third-order valence-corrected chi connectivity index (χ3v) is 2.53. The molecule has 0 fully saturated rings. The minimum absolute atomic E-state index is 0.924. The van der Waals surface area contributed by atoms with Crippen LogP contribution in [0.1, 0.15) is 17.8 Å². The van der Waals surface area contributed by atoms with Crippen LogP contribution < -0.4 is 5.32 Å². The monoisotopic (exact) mass is 227 g/mol. The molecule has 0 saturated carbocycles. The Morgan fingerprint density at radius 3 is 2.82 bits per heavy atom. The smallest absolute Gasteiger partial charge is 0.126 e. The minimum atomic E-state index is 0.924. The molecule has 0 aliphatic rings. The summed E-state index contributed by atoms with van der Waals surface area (Å²) in [5.41, 5.74) is 2.19. The Kier molecular flexibility index (Phi) is 4.08. The topological polar surface area (TPSA) is 37.8 Å². The van der Waals surface area contributed by atoms with Gasteiger partial charge in [-0.05, 0) is 44.0 Å². The SMILES string of the molecule is Cc1cccc(NCCCc2ccccn2)n1. The number of hydrogen-bond acceptors (Lipinski definition) is 3. The van der Waals surface area contributed by atoms with Crippen molar-refractivity contribution >= 4 is 5.82 Å². The van der Waals surface area contributed by atoms with Crippen molar-refractivity contribution in [1.82, 2.24) is 9.97 Å². The maximum Gasteiger partial charge on any atom is 0.126 e. The number of anilines is 1. The van der Waals surface area contributed by atoms with Crippen molar-refractivity contribution in [2.24, 2.45) is 0 Å². The van der Waals surface area contributed by atoms with Gasteiger partial charge in [-0.15, -0.1) is 0 Å². The van der Waals surface area contributed by atoms with E-state index < -0.39 is 0 Å². The Morgan fingerprint density at radius 1 is 1.12 bits per heavy atom. The summed E-state index contributed by atoms with van der Waals surface area (Å²) in [5.74, 6) is 0.950. The van der Waals surface area contributed by atoms with Gasteiger partial charge in [0.05, 0.1) is 0 Å². The van der Waals surface area contributed by atoms with Gasteiger partial charge in [0.2, 0.25) is 0 Å². The molecule has 3 heteroatoms. The highest BCUT2D eigenvalue weighted by Gasteiger charge is 1.95. The Hall–Kier alpha value is -1.90. The zero-order chi connectivity index (χ0) is 11.9. The van der Waals surface area contributed by atoms with Crippen molar-refractivity contribution in [3.05, 3.63) is 54.0 Å². The summed E-state index contributed by atoms with van der Waals surface area (Å²) in [5, 5.41) is 3.32. The second kappa shape index (κ2) is 5.99. The summed E-state index contributed by atoms with van der Waals surface area (Å²) in [6.07, 6.45) is 3.90. The molecule has 0 aliphatic heterocycles. The molecule has 3 nitrogen and oxygen atoms in total. The van der Waals surface area contributed by atoms with Gasteiger partial charge in [0.1, 0.15) is 5.82 Å². The largest absolute Gasteiger partial charge is 0.370 e. The molecule has 2 aromatic rings. The number of nitrogens with zero attached hydrogens (tertiary/aromatic N) is 2. The molecule has 0 atom stereocenters. The van der Waals surface area contributed by atoms with E-state index in [4.69, 9.17) is 0 Å². The molecule has 0 spiro atoms. The van der Waals surface area contributed by atoms with Crippen molar-refractivity contribution < 1.29 is 0 Å².